The summed E-state index contributed by atoms with van der Waals surface area (Å²) in [7, 11) is 4.03. The quantitative estimate of drug-likeness (QED) is 0.257. The lowest BCUT2D eigenvalue weighted by atomic mass is 9.94. The largest absolute Gasteiger partial charge is 0.372 e. The van der Waals surface area contributed by atoms with Crippen molar-refractivity contribution in [1.29, 1.82) is 0 Å². The summed E-state index contributed by atoms with van der Waals surface area (Å²) in [4.78, 5) is 16.0. The van der Waals surface area contributed by atoms with Crippen LogP contribution in [0.3, 0.4) is 0 Å². The summed E-state index contributed by atoms with van der Waals surface area (Å²) in [5, 5.41) is 15.7. The zero-order chi connectivity index (χ0) is 28.3. The van der Waals surface area contributed by atoms with Gasteiger partial charge in [-0.2, -0.15) is 10.2 Å². The van der Waals surface area contributed by atoms with Crippen LogP contribution in [-0.2, 0) is 7.05 Å². The van der Waals surface area contributed by atoms with Crippen molar-refractivity contribution in [3.8, 4) is 16.9 Å². The smallest absolute Gasteiger partial charge is 0.320 e. The summed E-state index contributed by atoms with van der Waals surface area (Å²) in [6.45, 7) is 1.98. The fourth-order valence-electron chi connectivity index (χ4n) is 5.96. The van der Waals surface area contributed by atoms with Crippen molar-refractivity contribution in [2.45, 2.75) is 37.8 Å². The molecule has 1 aliphatic carbocycles. The van der Waals surface area contributed by atoms with Gasteiger partial charge >= 0.3 is 6.03 Å². The summed E-state index contributed by atoms with van der Waals surface area (Å²) in [5.41, 5.74) is 5.85. The molecule has 2 N–H and O–H groups in total. The van der Waals surface area contributed by atoms with Gasteiger partial charge in [-0.05, 0) is 49.6 Å². The lowest BCUT2D eigenvalue weighted by Crippen LogP contribution is -2.40. The molecule has 208 valence electrons. The van der Waals surface area contributed by atoms with Crippen LogP contribution in [0.4, 0.5) is 16.3 Å². The van der Waals surface area contributed by atoms with Gasteiger partial charge in [0.25, 0.3) is 0 Å². The molecule has 8 heteroatoms. The van der Waals surface area contributed by atoms with Crippen LogP contribution in [0.2, 0.25) is 0 Å². The van der Waals surface area contributed by atoms with Crippen LogP contribution in [-0.4, -0.2) is 44.7 Å². The topological polar surface area (TPSA) is 80.0 Å². The molecule has 2 heterocycles. The summed E-state index contributed by atoms with van der Waals surface area (Å²) in [5.74, 6) is 0.837. The van der Waals surface area contributed by atoms with Gasteiger partial charge in [0, 0.05) is 55.1 Å². The number of hydrogen-bond donors (Lipinski definition) is 2. The van der Waals surface area contributed by atoms with Gasteiger partial charge in [0.05, 0.1) is 11.9 Å². The van der Waals surface area contributed by atoms with Crippen molar-refractivity contribution in [3.05, 3.63) is 115 Å². The van der Waals surface area contributed by atoms with E-state index in [2.05, 4.69) is 76.2 Å². The number of urea groups is 1. The van der Waals surface area contributed by atoms with E-state index >= 15 is 0 Å². The molecule has 2 aromatic heterocycles. The predicted octanol–water partition coefficient (Wildman–Crippen LogP) is 6.15. The molecule has 3 aromatic carbocycles. The molecule has 0 unspecified atom stereocenters. The Morgan fingerprint density at radius 1 is 0.927 bits per heavy atom. The van der Waals surface area contributed by atoms with Gasteiger partial charge in [0.15, 0.2) is 0 Å². The van der Waals surface area contributed by atoms with Crippen molar-refractivity contribution >= 4 is 17.5 Å². The van der Waals surface area contributed by atoms with Crippen LogP contribution in [0, 0.1) is 6.92 Å². The Kier molecular flexibility index (Phi) is 7.29. The minimum Gasteiger partial charge on any atom is -0.372 e. The van der Waals surface area contributed by atoms with Crippen molar-refractivity contribution in [3.63, 3.8) is 0 Å². The fourth-order valence-corrected chi connectivity index (χ4v) is 5.96. The van der Waals surface area contributed by atoms with E-state index in [1.807, 2.05) is 62.6 Å². The summed E-state index contributed by atoms with van der Waals surface area (Å²) in [6.07, 6.45) is 5.52. The first-order valence-corrected chi connectivity index (χ1v) is 14.0. The molecule has 6 rings (SSSR count). The van der Waals surface area contributed by atoms with Crippen LogP contribution >= 0.6 is 0 Å². The third-order valence-corrected chi connectivity index (χ3v) is 8.13. The SMILES string of the molecule is Cc1c(-c2cnn(C)c2)nn(-c2ccccc2)c1NC(=O)N[C@@H]1C[C@@H](N(C)c2ccccc2)C[C@H]1c1ccccc1. The minimum absolute atomic E-state index is 0.0280. The van der Waals surface area contributed by atoms with E-state index in [0.717, 1.165) is 35.3 Å². The Morgan fingerprint density at radius 3 is 2.24 bits per heavy atom. The average molecular weight is 546 g/mol. The van der Waals surface area contributed by atoms with E-state index in [4.69, 9.17) is 5.10 Å². The first-order chi connectivity index (χ1) is 20.0. The fraction of sp³-hybridized carbons (Fsp3) is 0.242. The maximum Gasteiger partial charge on any atom is 0.320 e. The number of aryl methyl sites for hydroxylation is 1. The number of nitrogens with one attached hydrogen (secondary N) is 2. The molecule has 1 fully saturated rings. The molecule has 41 heavy (non-hydrogen) atoms. The molecule has 0 radical (unpaired) electrons. The van der Waals surface area contributed by atoms with Crippen molar-refractivity contribution in [1.82, 2.24) is 24.9 Å². The lowest BCUT2D eigenvalue weighted by Gasteiger charge is -2.27. The Balaban J connectivity index is 1.28. The number of carbonyl (C=O) groups excluding carboxylic acids is 1. The number of para-hydroxylation sites is 2. The van der Waals surface area contributed by atoms with Gasteiger partial charge in [-0.3, -0.25) is 10.00 Å². The highest BCUT2D eigenvalue weighted by molar-refractivity contribution is 5.91. The van der Waals surface area contributed by atoms with Crippen LogP contribution in [0.5, 0.6) is 0 Å². The van der Waals surface area contributed by atoms with Crippen LogP contribution in [0.1, 0.15) is 29.9 Å². The van der Waals surface area contributed by atoms with E-state index in [1.54, 1.807) is 15.6 Å². The number of rotatable bonds is 7. The number of amides is 2. The highest BCUT2D eigenvalue weighted by Crippen LogP contribution is 2.38. The van der Waals surface area contributed by atoms with Crippen LogP contribution in [0.15, 0.2) is 103 Å². The van der Waals surface area contributed by atoms with Gasteiger partial charge < -0.3 is 10.2 Å². The molecule has 0 spiro atoms. The lowest BCUT2D eigenvalue weighted by molar-refractivity contribution is 0.247. The first-order valence-electron chi connectivity index (χ1n) is 14.0. The highest BCUT2D eigenvalue weighted by atomic mass is 16.2. The second kappa shape index (κ2) is 11.3. The van der Waals surface area contributed by atoms with E-state index in [1.165, 1.54) is 11.3 Å². The molecule has 1 saturated carbocycles. The Bertz CT molecular complexity index is 1610. The minimum atomic E-state index is -0.239. The molecule has 1 aliphatic rings. The van der Waals surface area contributed by atoms with E-state index in [9.17, 15) is 4.79 Å². The zero-order valence-electron chi connectivity index (χ0n) is 23.6. The second-order valence-electron chi connectivity index (χ2n) is 10.8. The van der Waals surface area contributed by atoms with Crippen molar-refractivity contribution in [2.75, 3.05) is 17.3 Å². The average Bonchev–Trinajstić information content (AvgIpc) is 3.71. The number of hydrogen-bond acceptors (Lipinski definition) is 4. The maximum absolute atomic E-state index is 13.7. The molecule has 8 nitrogen and oxygen atoms in total. The number of carbonyl (C=O) groups is 1. The third-order valence-electron chi connectivity index (χ3n) is 8.13. The number of nitrogens with zero attached hydrogens (tertiary/aromatic N) is 5. The Labute approximate surface area is 240 Å². The Hall–Kier alpha value is -4.85. The van der Waals surface area contributed by atoms with E-state index < -0.39 is 0 Å². The molecule has 5 aromatic rings. The second-order valence-corrected chi connectivity index (χ2v) is 10.8. The molecular weight excluding hydrogens is 510 g/mol. The normalized spacial score (nSPS) is 18.3. The monoisotopic (exact) mass is 545 g/mol. The molecule has 3 atom stereocenters. The summed E-state index contributed by atoms with van der Waals surface area (Å²) in [6, 6.07) is 30.8. The number of anilines is 2. The molecule has 0 saturated heterocycles. The molecule has 2 amide bonds. The van der Waals surface area contributed by atoms with E-state index in [-0.39, 0.29) is 18.0 Å². The maximum atomic E-state index is 13.7. The summed E-state index contributed by atoms with van der Waals surface area (Å²) >= 11 is 0. The molecule has 0 aliphatic heterocycles. The van der Waals surface area contributed by atoms with Gasteiger partial charge in [0.1, 0.15) is 11.5 Å². The van der Waals surface area contributed by atoms with Gasteiger partial charge in [0.2, 0.25) is 0 Å². The standard InChI is InChI=1S/C33H35N7O/c1-23-31(25-21-34-38(2)22-25)37-40(27-17-11-6-12-18-27)32(23)36-33(41)35-30-20-28(39(3)26-15-9-5-10-16-26)19-29(30)24-13-7-4-8-14-24/h4-18,21-22,28-30H,19-20H2,1-3H3,(H2,35,36,41)/t28-,29-,30+/m0/s1. The first kappa shape index (κ1) is 26.4. The van der Waals surface area contributed by atoms with Crippen LogP contribution < -0.4 is 15.5 Å². The predicted molar refractivity (Wildman–Crippen MR) is 163 cm³/mol. The molecule has 0 bridgehead atoms. The number of aromatic nitrogens is 4. The van der Waals surface area contributed by atoms with Gasteiger partial charge in [-0.25, -0.2) is 9.48 Å². The highest BCUT2D eigenvalue weighted by Gasteiger charge is 2.38. The van der Waals surface area contributed by atoms with Gasteiger partial charge in [-0.15, -0.1) is 0 Å². The molecular formula is C33H35N7O. The summed E-state index contributed by atoms with van der Waals surface area (Å²) < 4.78 is 3.55. The number of benzene rings is 3. The van der Waals surface area contributed by atoms with E-state index in [0.29, 0.717) is 11.9 Å². The van der Waals surface area contributed by atoms with Crippen molar-refractivity contribution in [2.24, 2.45) is 7.05 Å². The van der Waals surface area contributed by atoms with Crippen LogP contribution in [0.25, 0.3) is 16.9 Å². The Morgan fingerprint density at radius 2 is 1.59 bits per heavy atom. The van der Waals surface area contributed by atoms with Gasteiger partial charge in [-0.1, -0.05) is 66.7 Å². The third kappa shape index (κ3) is 5.45. The zero-order valence-corrected chi connectivity index (χ0v) is 23.6. The van der Waals surface area contributed by atoms with Crippen molar-refractivity contribution < 1.29 is 4.79 Å².